The van der Waals surface area contributed by atoms with Crippen molar-refractivity contribution in [2.24, 2.45) is 47.3 Å². The second-order valence-electron chi connectivity index (χ2n) is 7.78. The number of hydrogen-bond acceptors (Lipinski definition) is 3. The third kappa shape index (κ3) is 0.580. The van der Waals surface area contributed by atoms with Gasteiger partial charge in [-0.3, -0.25) is 0 Å². The van der Waals surface area contributed by atoms with Gasteiger partial charge in [-0.25, -0.2) is 0 Å². The summed E-state index contributed by atoms with van der Waals surface area (Å²) in [5.41, 5.74) is 0.0761. The molecule has 3 heteroatoms. The molecule has 7 fully saturated rings. The summed E-state index contributed by atoms with van der Waals surface area (Å²) in [7, 11) is 0. The Labute approximate surface area is 107 Å². The Bertz CT molecular complexity index is 421. The van der Waals surface area contributed by atoms with Crippen molar-refractivity contribution in [2.75, 3.05) is 13.2 Å². The summed E-state index contributed by atoms with van der Waals surface area (Å²) in [6.07, 6.45) is 3.16. The van der Waals surface area contributed by atoms with Gasteiger partial charge in [-0.15, -0.1) is 0 Å². The Morgan fingerprint density at radius 1 is 0.833 bits per heavy atom. The van der Waals surface area contributed by atoms with E-state index in [9.17, 15) is 10.2 Å². The van der Waals surface area contributed by atoms with Crippen LogP contribution in [0, 0.1) is 47.3 Å². The first kappa shape index (κ1) is 9.73. The molecule has 10 atom stereocenters. The van der Waals surface area contributed by atoms with E-state index >= 15 is 0 Å². The molecular weight excluding hydrogens is 228 g/mol. The zero-order chi connectivity index (χ0) is 11.9. The molecular formula is C15H20O3. The first-order valence-corrected chi connectivity index (χ1v) is 7.72. The van der Waals surface area contributed by atoms with E-state index in [1.165, 1.54) is 6.42 Å². The van der Waals surface area contributed by atoms with Gasteiger partial charge in [0.2, 0.25) is 0 Å². The van der Waals surface area contributed by atoms with Gasteiger partial charge < -0.3 is 14.9 Å². The van der Waals surface area contributed by atoms with E-state index in [4.69, 9.17) is 4.74 Å². The summed E-state index contributed by atoms with van der Waals surface area (Å²) in [5, 5.41) is 19.0. The molecule has 5 aliphatic carbocycles. The van der Waals surface area contributed by atoms with Crippen molar-refractivity contribution in [3.8, 4) is 0 Å². The highest BCUT2D eigenvalue weighted by Crippen LogP contribution is 2.93. The van der Waals surface area contributed by atoms with Gasteiger partial charge in [0.1, 0.15) is 0 Å². The predicted octanol–water partition coefficient (Wildman–Crippen LogP) is 0.647. The van der Waals surface area contributed by atoms with Crippen molar-refractivity contribution < 1.29 is 14.9 Å². The lowest BCUT2D eigenvalue weighted by Crippen LogP contribution is -2.52. The number of aliphatic hydroxyl groups excluding tert-OH is 2. The van der Waals surface area contributed by atoms with Gasteiger partial charge in [0.05, 0.1) is 11.2 Å². The molecule has 7 rings (SSSR count). The molecule has 2 aliphatic heterocycles. The Morgan fingerprint density at radius 2 is 1.33 bits per heavy atom. The van der Waals surface area contributed by atoms with E-state index < -0.39 is 0 Å². The van der Waals surface area contributed by atoms with E-state index in [1.54, 1.807) is 0 Å². The van der Waals surface area contributed by atoms with Crippen molar-refractivity contribution in [2.45, 2.75) is 30.5 Å². The number of rotatable bonds is 4. The van der Waals surface area contributed by atoms with Crippen molar-refractivity contribution >= 4 is 0 Å². The van der Waals surface area contributed by atoms with Crippen LogP contribution in [0.3, 0.4) is 0 Å². The Morgan fingerprint density at radius 3 is 1.78 bits per heavy atom. The molecule has 4 bridgehead atoms. The number of hydrogen-bond donors (Lipinski definition) is 2. The van der Waals surface area contributed by atoms with Crippen LogP contribution in [0.15, 0.2) is 0 Å². The second-order valence-corrected chi connectivity index (χ2v) is 7.78. The third-order valence-corrected chi connectivity index (χ3v) is 8.15. The molecule has 5 saturated carbocycles. The van der Waals surface area contributed by atoms with Gasteiger partial charge in [-0.1, -0.05) is 0 Å². The van der Waals surface area contributed by atoms with E-state index in [-0.39, 0.29) is 24.4 Å². The smallest absolute Gasteiger partial charge is 0.0781 e. The summed E-state index contributed by atoms with van der Waals surface area (Å²) in [4.78, 5) is 0. The van der Waals surface area contributed by atoms with Crippen LogP contribution < -0.4 is 0 Å². The molecule has 0 radical (unpaired) electrons. The SMILES string of the molecule is OCC[C@]12O[C@@]3(CCO)[C@@H]4[C@H]5C[C@H]([C@@H]6[C@H]5[C@H]3[C@@H]61)[C@@H]42. The minimum atomic E-state index is 0.0380. The normalized spacial score (nSPS) is 75.0. The van der Waals surface area contributed by atoms with Crippen LogP contribution in [0.4, 0.5) is 0 Å². The highest BCUT2D eigenvalue weighted by molar-refractivity contribution is 5.43. The zero-order valence-electron chi connectivity index (χ0n) is 10.5. The van der Waals surface area contributed by atoms with Crippen molar-refractivity contribution in [1.29, 1.82) is 0 Å². The Kier molecular flexibility index (Phi) is 1.31. The number of aliphatic hydroxyl groups is 2. The Hall–Kier alpha value is -0.120. The molecule has 98 valence electrons. The maximum Gasteiger partial charge on any atom is 0.0781 e. The number of ether oxygens (including phenoxy) is 1. The lowest BCUT2D eigenvalue weighted by atomic mass is 9.54. The Balaban J connectivity index is 1.59. The lowest BCUT2D eigenvalue weighted by Gasteiger charge is -2.47. The molecule has 0 aromatic carbocycles. The molecule has 3 nitrogen and oxygen atoms in total. The fourth-order valence-corrected chi connectivity index (χ4v) is 8.63. The van der Waals surface area contributed by atoms with Crippen LogP contribution in [0.2, 0.25) is 0 Å². The van der Waals surface area contributed by atoms with Gasteiger partial charge in [-0.05, 0) is 53.8 Å². The first-order chi connectivity index (χ1) is 8.80. The summed E-state index contributed by atoms with van der Waals surface area (Å²) < 4.78 is 6.70. The largest absolute Gasteiger partial charge is 0.396 e. The van der Waals surface area contributed by atoms with Crippen LogP contribution in [0.1, 0.15) is 19.3 Å². The summed E-state index contributed by atoms with van der Waals surface area (Å²) in [5.74, 6) is 6.70. The van der Waals surface area contributed by atoms with Gasteiger partial charge >= 0.3 is 0 Å². The minimum absolute atomic E-state index is 0.0380. The lowest BCUT2D eigenvalue weighted by molar-refractivity contribution is -0.0891. The molecule has 0 amide bonds. The van der Waals surface area contributed by atoms with E-state index in [1.807, 2.05) is 0 Å². The molecule has 0 spiro atoms. The maximum absolute atomic E-state index is 9.49. The molecule has 0 unspecified atom stereocenters. The fourth-order valence-electron chi connectivity index (χ4n) is 8.63. The zero-order valence-corrected chi connectivity index (χ0v) is 10.5. The summed E-state index contributed by atoms with van der Waals surface area (Å²) in [6, 6.07) is 0. The molecule has 0 aromatic heterocycles. The van der Waals surface area contributed by atoms with E-state index in [0.717, 1.165) is 60.2 Å². The van der Waals surface area contributed by atoms with Gasteiger partial charge in [0.25, 0.3) is 0 Å². The third-order valence-electron chi connectivity index (χ3n) is 8.15. The van der Waals surface area contributed by atoms with Crippen LogP contribution in [-0.2, 0) is 4.74 Å². The maximum atomic E-state index is 9.49. The van der Waals surface area contributed by atoms with Gasteiger partial charge in [0, 0.05) is 26.1 Å². The fraction of sp³-hybridized carbons (Fsp3) is 1.00. The molecule has 7 aliphatic rings. The highest BCUT2D eigenvalue weighted by atomic mass is 16.5. The average Bonchev–Trinajstić information content (AvgIpc) is 2.90. The van der Waals surface area contributed by atoms with E-state index in [0.29, 0.717) is 0 Å². The van der Waals surface area contributed by atoms with Crippen LogP contribution in [-0.4, -0.2) is 34.6 Å². The van der Waals surface area contributed by atoms with Gasteiger partial charge in [-0.2, -0.15) is 0 Å². The molecule has 2 heterocycles. The second kappa shape index (κ2) is 2.43. The van der Waals surface area contributed by atoms with Gasteiger partial charge in [0.15, 0.2) is 0 Å². The molecule has 2 saturated heterocycles. The minimum Gasteiger partial charge on any atom is -0.396 e. The molecule has 2 N–H and O–H groups in total. The topological polar surface area (TPSA) is 49.7 Å². The van der Waals surface area contributed by atoms with Crippen LogP contribution >= 0.6 is 0 Å². The monoisotopic (exact) mass is 248 g/mol. The standard InChI is InChI=1S/C15H20O3/c16-3-1-14-10-6-5-7-9-8(6)12(14)13(9)15(18-14,2-4-17)11(7)10/h6-13,16-17H,1-5H2/t6-,7+,8-,9+,10+,11-,12-,13+,14-,15+. The highest BCUT2D eigenvalue weighted by Gasteiger charge is 2.96. The summed E-state index contributed by atoms with van der Waals surface area (Å²) in [6.45, 7) is 0.548. The first-order valence-electron chi connectivity index (χ1n) is 7.72. The molecule has 18 heavy (non-hydrogen) atoms. The van der Waals surface area contributed by atoms with Crippen molar-refractivity contribution in [3.05, 3.63) is 0 Å². The van der Waals surface area contributed by atoms with Crippen LogP contribution in [0.5, 0.6) is 0 Å². The quantitative estimate of drug-likeness (QED) is 0.768. The van der Waals surface area contributed by atoms with Crippen LogP contribution in [0.25, 0.3) is 0 Å². The van der Waals surface area contributed by atoms with Crippen molar-refractivity contribution in [1.82, 2.24) is 0 Å². The molecule has 0 aromatic rings. The summed E-state index contributed by atoms with van der Waals surface area (Å²) >= 11 is 0. The predicted molar refractivity (Wildman–Crippen MR) is 62.5 cm³/mol. The average molecular weight is 248 g/mol. The van der Waals surface area contributed by atoms with Crippen molar-refractivity contribution in [3.63, 3.8) is 0 Å². The van der Waals surface area contributed by atoms with E-state index in [2.05, 4.69) is 0 Å².